The minimum absolute atomic E-state index is 0.0356. The molecule has 0 spiro atoms. The van der Waals surface area contributed by atoms with Gasteiger partial charge in [-0.3, -0.25) is 4.79 Å². The number of aliphatic carboxylic acids is 1. The molecule has 0 aromatic rings. The number of nitrogens with zero attached hydrogens (tertiary/aromatic N) is 2. The van der Waals surface area contributed by atoms with E-state index in [9.17, 15) is 9.59 Å². The predicted molar refractivity (Wildman–Crippen MR) is 79.9 cm³/mol. The van der Waals surface area contributed by atoms with Crippen molar-refractivity contribution in [3.8, 4) is 0 Å². The topological polar surface area (TPSA) is 72.9 Å². The zero-order chi connectivity index (χ0) is 15.7. The highest BCUT2D eigenvalue weighted by Crippen LogP contribution is 2.05. The Morgan fingerprint density at radius 3 is 2.05 bits per heavy atom. The molecule has 2 amide bonds. The Balaban J connectivity index is 4.43. The summed E-state index contributed by atoms with van der Waals surface area (Å²) in [6.45, 7) is 12.9. The molecule has 2 unspecified atom stereocenters. The van der Waals surface area contributed by atoms with E-state index in [-0.39, 0.29) is 24.5 Å². The van der Waals surface area contributed by atoms with Crippen molar-refractivity contribution in [1.29, 1.82) is 0 Å². The first kappa shape index (κ1) is 18.7. The van der Waals surface area contributed by atoms with Crippen LogP contribution in [0, 0.1) is 0 Å². The summed E-state index contributed by atoms with van der Waals surface area (Å²) in [6.07, 6.45) is -0.0360. The first-order valence-corrected chi connectivity index (χ1v) is 7.36. The monoisotopic (exact) mass is 287 g/mol. The quantitative estimate of drug-likeness (QED) is 0.676. The molecule has 2 N–H and O–H groups in total. The van der Waals surface area contributed by atoms with Crippen LogP contribution in [0.15, 0.2) is 0 Å². The van der Waals surface area contributed by atoms with Gasteiger partial charge in [-0.05, 0) is 33.9 Å². The maximum atomic E-state index is 12.2. The molecule has 6 nitrogen and oxygen atoms in total. The predicted octanol–water partition coefficient (Wildman–Crippen LogP) is 1.61. The maximum Gasteiger partial charge on any atom is 0.317 e. The smallest absolute Gasteiger partial charge is 0.317 e. The molecule has 0 radical (unpaired) electrons. The maximum absolute atomic E-state index is 12.2. The van der Waals surface area contributed by atoms with Gasteiger partial charge in [-0.2, -0.15) is 0 Å². The lowest BCUT2D eigenvalue weighted by molar-refractivity contribution is -0.138. The molecule has 0 aromatic carbocycles. The molecule has 0 fully saturated rings. The summed E-state index contributed by atoms with van der Waals surface area (Å²) in [7, 11) is 0. The van der Waals surface area contributed by atoms with E-state index >= 15 is 0 Å². The first-order valence-electron chi connectivity index (χ1n) is 7.36. The minimum Gasteiger partial charge on any atom is -0.481 e. The Kier molecular flexibility index (Phi) is 8.96. The Bertz CT molecular complexity index is 306. The standard InChI is InChI=1S/C14H29N3O3/c1-6-16(7-2)10-11(4)15-14(20)17(8-3)12(5)9-13(18)19/h11-12H,6-10H2,1-5H3,(H,15,20)(H,18,19). The van der Waals surface area contributed by atoms with Gasteiger partial charge in [-0.1, -0.05) is 13.8 Å². The molecule has 0 saturated heterocycles. The van der Waals surface area contributed by atoms with Gasteiger partial charge in [0.15, 0.2) is 0 Å². The number of nitrogens with one attached hydrogen (secondary N) is 1. The zero-order valence-corrected chi connectivity index (χ0v) is 13.3. The van der Waals surface area contributed by atoms with E-state index in [1.54, 1.807) is 11.8 Å². The fraction of sp³-hybridized carbons (Fsp3) is 0.857. The molecular weight excluding hydrogens is 258 g/mol. The Labute approximate surface area is 122 Å². The molecule has 0 aliphatic heterocycles. The third-order valence-corrected chi connectivity index (χ3v) is 3.40. The number of rotatable bonds is 9. The van der Waals surface area contributed by atoms with Gasteiger partial charge < -0.3 is 20.2 Å². The van der Waals surface area contributed by atoms with Crippen LogP contribution in [0.3, 0.4) is 0 Å². The van der Waals surface area contributed by atoms with Crippen LogP contribution in [0.1, 0.15) is 41.0 Å². The van der Waals surface area contributed by atoms with E-state index < -0.39 is 5.97 Å². The summed E-state index contributed by atoms with van der Waals surface area (Å²) >= 11 is 0. The molecule has 0 saturated carbocycles. The van der Waals surface area contributed by atoms with Crippen LogP contribution in [0.4, 0.5) is 4.79 Å². The largest absolute Gasteiger partial charge is 0.481 e. The van der Waals surface area contributed by atoms with Crippen molar-refractivity contribution < 1.29 is 14.7 Å². The van der Waals surface area contributed by atoms with Crippen molar-refractivity contribution >= 4 is 12.0 Å². The van der Waals surface area contributed by atoms with Gasteiger partial charge in [0.1, 0.15) is 0 Å². The Hall–Kier alpha value is -1.30. The number of amides is 2. The molecule has 118 valence electrons. The van der Waals surface area contributed by atoms with Crippen LogP contribution in [0.2, 0.25) is 0 Å². The third kappa shape index (κ3) is 6.75. The number of urea groups is 1. The van der Waals surface area contributed by atoms with E-state index in [0.29, 0.717) is 6.54 Å². The molecule has 0 rings (SSSR count). The van der Waals surface area contributed by atoms with Crippen molar-refractivity contribution in [2.24, 2.45) is 0 Å². The van der Waals surface area contributed by atoms with Gasteiger partial charge in [0.25, 0.3) is 0 Å². The van der Waals surface area contributed by atoms with Crippen LogP contribution in [-0.2, 0) is 4.79 Å². The Morgan fingerprint density at radius 1 is 1.10 bits per heavy atom. The van der Waals surface area contributed by atoms with Gasteiger partial charge in [0, 0.05) is 25.2 Å². The molecule has 0 aromatic heterocycles. The van der Waals surface area contributed by atoms with Crippen LogP contribution < -0.4 is 5.32 Å². The van der Waals surface area contributed by atoms with Gasteiger partial charge in [-0.25, -0.2) is 4.79 Å². The molecule has 0 aliphatic rings. The summed E-state index contributed by atoms with van der Waals surface area (Å²) in [5.41, 5.74) is 0. The number of carboxylic acid groups (broad SMARTS) is 1. The van der Waals surface area contributed by atoms with E-state index in [4.69, 9.17) is 5.11 Å². The van der Waals surface area contributed by atoms with E-state index in [0.717, 1.165) is 19.6 Å². The summed E-state index contributed by atoms with van der Waals surface area (Å²) < 4.78 is 0. The average Bonchev–Trinajstić information content (AvgIpc) is 2.35. The normalized spacial score (nSPS) is 13.9. The van der Waals surface area contributed by atoms with Crippen molar-refractivity contribution in [2.75, 3.05) is 26.2 Å². The summed E-state index contributed by atoms with van der Waals surface area (Å²) in [5, 5.41) is 11.7. The second kappa shape index (κ2) is 9.58. The SMILES string of the molecule is CCN(CC)CC(C)NC(=O)N(CC)C(C)CC(=O)O. The average molecular weight is 287 g/mol. The van der Waals surface area contributed by atoms with Crippen LogP contribution in [0.5, 0.6) is 0 Å². The molecule has 0 bridgehead atoms. The first-order chi connectivity index (χ1) is 9.35. The summed E-state index contributed by atoms with van der Waals surface area (Å²) in [5.74, 6) is -0.889. The van der Waals surface area contributed by atoms with Crippen molar-refractivity contribution in [2.45, 2.75) is 53.1 Å². The zero-order valence-electron chi connectivity index (χ0n) is 13.3. The van der Waals surface area contributed by atoms with Gasteiger partial charge >= 0.3 is 12.0 Å². The second-order valence-corrected chi connectivity index (χ2v) is 5.07. The summed E-state index contributed by atoms with van der Waals surface area (Å²) in [4.78, 5) is 26.7. The van der Waals surface area contributed by atoms with E-state index in [2.05, 4.69) is 24.1 Å². The molecule has 2 atom stereocenters. The second-order valence-electron chi connectivity index (χ2n) is 5.07. The van der Waals surface area contributed by atoms with Crippen molar-refractivity contribution in [3.63, 3.8) is 0 Å². The lowest BCUT2D eigenvalue weighted by Gasteiger charge is -2.30. The minimum atomic E-state index is -0.889. The lowest BCUT2D eigenvalue weighted by Crippen LogP contribution is -2.50. The highest BCUT2D eigenvalue weighted by atomic mass is 16.4. The van der Waals surface area contributed by atoms with Crippen molar-refractivity contribution in [1.82, 2.24) is 15.1 Å². The number of carbonyl (C=O) groups excluding carboxylic acids is 1. The number of carbonyl (C=O) groups is 2. The molecule has 20 heavy (non-hydrogen) atoms. The molecular formula is C14H29N3O3. The highest BCUT2D eigenvalue weighted by molar-refractivity contribution is 5.76. The van der Waals surface area contributed by atoms with Gasteiger partial charge in [0.05, 0.1) is 6.42 Å². The third-order valence-electron chi connectivity index (χ3n) is 3.40. The fourth-order valence-corrected chi connectivity index (χ4v) is 2.23. The van der Waals surface area contributed by atoms with Crippen molar-refractivity contribution in [3.05, 3.63) is 0 Å². The molecule has 6 heteroatoms. The van der Waals surface area contributed by atoms with Gasteiger partial charge in [0.2, 0.25) is 0 Å². The van der Waals surface area contributed by atoms with E-state index in [1.807, 2.05) is 13.8 Å². The van der Waals surface area contributed by atoms with Crippen LogP contribution in [0.25, 0.3) is 0 Å². The number of likely N-dealkylation sites (N-methyl/N-ethyl adjacent to an activating group) is 1. The number of carboxylic acids is 1. The summed E-state index contributed by atoms with van der Waals surface area (Å²) in [6, 6.07) is -0.465. The molecule has 0 heterocycles. The van der Waals surface area contributed by atoms with E-state index in [1.165, 1.54) is 0 Å². The lowest BCUT2D eigenvalue weighted by atomic mass is 10.2. The van der Waals surface area contributed by atoms with Crippen LogP contribution in [-0.4, -0.2) is 65.2 Å². The highest BCUT2D eigenvalue weighted by Gasteiger charge is 2.22. The molecule has 0 aliphatic carbocycles. The fourth-order valence-electron chi connectivity index (χ4n) is 2.23. The van der Waals surface area contributed by atoms with Crippen LogP contribution >= 0.6 is 0 Å². The Morgan fingerprint density at radius 2 is 1.65 bits per heavy atom. The number of hydrogen-bond acceptors (Lipinski definition) is 3. The van der Waals surface area contributed by atoms with Gasteiger partial charge in [-0.15, -0.1) is 0 Å². The number of hydrogen-bond donors (Lipinski definition) is 2.